The summed E-state index contributed by atoms with van der Waals surface area (Å²) < 4.78 is 3.55. The number of benzene rings is 1. The van der Waals surface area contributed by atoms with Crippen LogP contribution in [-0.2, 0) is 14.1 Å². The van der Waals surface area contributed by atoms with Gasteiger partial charge in [-0.3, -0.25) is 4.68 Å². The van der Waals surface area contributed by atoms with Gasteiger partial charge in [-0.15, -0.1) is 0 Å². The van der Waals surface area contributed by atoms with Crippen molar-refractivity contribution in [2.45, 2.75) is 0 Å². The zero-order chi connectivity index (χ0) is 14.3. The number of rotatable bonds is 2. The molecule has 0 atom stereocenters. The van der Waals surface area contributed by atoms with Gasteiger partial charge >= 0.3 is 0 Å². The molecule has 5 nitrogen and oxygen atoms in total. The predicted octanol–water partition coefficient (Wildman–Crippen LogP) is 2.72. The van der Waals surface area contributed by atoms with Gasteiger partial charge in [0.1, 0.15) is 11.5 Å². The summed E-state index contributed by atoms with van der Waals surface area (Å²) in [6.45, 7) is 0. The minimum Gasteiger partial charge on any atom is -0.383 e. The van der Waals surface area contributed by atoms with Crippen LogP contribution in [0.25, 0.3) is 22.6 Å². The third kappa shape index (κ3) is 1.87. The Morgan fingerprint density at radius 3 is 2.60 bits per heavy atom. The Balaban J connectivity index is 2.31. The maximum Gasteiger partial charge on any atom is 0.161 e. The van der Waals surface area contributed by atoms with Crippen molar-refractivity contribution in [2.24, 2.45) is 14.1 Å². The maximum absolute atomic E-state index is 6.29. The van der Waals surface area contributed by atoms with E-state index in [0.717, 1.165) is 22.6 Å². The summed E-state index contributed by atoms with van der Waals surface area (Å²) in [5.41, 5.74) is 8.56. The van der Waals surface area contributed by atoms with Crippen molar-refractivity contribution in [3.8, 4) is 22.6 Å². The summed E-state index contributed by atoms with van der Waals surface area (Å²) in [5, 5.41) is 5.12. The average Bonchev–Trinajstić information content (AvgIpc) is 2.96. The molecule has 102 valence electrons. The molecule has 0 fully saturated rings. The number of aromatic nitrogens is 4. The fourth-order valence-corrected chi connectivity index (χ4v) is 2.45. The number of imidazole rings is 1. The molecule has 20 heavy (non-hydrogen) atoms. The molecule has 0 unspecified atom stereocenters. The lowest BCUT2D eigenvalue weighted by Crippen LogP contribution is -1.98. The molecule has 0 saturated heterocycles. The monoisotopic (exact) mass is 287 g/mol. The molecule has 2 aromatic heterocycles. The van der Waals surface area contributed by atoms with Gasteiger partial charge in [-0.2, -0.15) is 5.10 Å². The summed E-state index contributed by atoms with van der Waals surface area (Å²) in [5.74, 6) is 1.32. The highest BCUT2D eigenvalue weighted by atomic mass is 35.5. The molecule has 0 amide bonds. The van der Waals surface area contributed by atoms with E-state index in [-0.39, 0.29) is 0 Å². The second-order valence-corrected chi connectivity index (χ2v) is 4.98. The number of hydrogen-bond acceptors (Lipinski definition) is 3. The van der Waals surface area contributed by atoms with Gasteiger partial charge in [0.15, 0.2) is 5.82 Å². The largest absolute Gasteiger partial charge is 0.383 e. The number of aryl methyl sites for hydroxylation is 2. The van der Waals surface area contributed by atoms with E-state index < -0.39 is 0 Å². The molecule has 6 heteroatoms. The molecular formula is C14H14ClN5. The fraction of sp³-hybridized carbons (Fsp3) is 0.143. The van der Waals surface area contributed by atoms with Gasteiger partial charge in [-0.1, -0.05) is 29.8 Å². The summed E-state index contributed by atoms with van der Waals surface area (Å²) in [6, 6.07) is 7.59. The number of nitrogen functional groups attached to an aromatic ring is 1. The normalized spacial score (nSPS) is 10.9. The summed E-state index contributed by atoms with van der Waals surface area (Å²) in [4.78, 5) is 4.34. The number of nitrogens with zero attached hydrogens (tertiary/aromatic N) is 4. The van der Waals surface area contributed by atoms with Crippen molar-refractivity contribution in [1.29, 1.82) is 0 Å². The van der Waals surface area contributed by atoms with E-state index in [4.69, 9.17) is 17.3 Å². The molecule has 0 aliphatic carbocycles. The number of halogens is 1. The number of hydrogen-bond donors (Lipinski definition) is 1. The SMILES string of the molecule is Cn1ccnc1-c1nn(C)c(N)c1-c1ccccc1Cl. The molecule has 0 radical (unpaired) electrons. The summed E-state index contributed by atoms with van der Waals surface area (Å²) in [6.07, 6.45) is 3.60. The lowest BCUT2D eigenvalue weighted by molar-refractivity contribution is 0.776. The molecule has 0 spiro atoms. The van der Waals surface area contributed by atoms with Crippen molar-refractivity contribution in [3.63, 3.8) is 0 Å². The van der Waals surface area contributed by atoms with E-state index >= 15 is 0 Å². The highest BCUT2D eigenvalue weighted by Gasteiger charge is 2.21. The number of anilines is 1. The van der Waals surface area contributed by atoms with E-state index in [1.807, 2.05) is 49.1 Å². The Morgan fingerprint density at radius 1 is 1.20 bits per heavy atom. The van der Waals surface area contributed by atoms with Gasteiger partial charge in [-0.25, -0.2) is 4.98 Å². The highest BCUT2D eigenvalue weighted by molar-refractivity contribution is 6.33. The Bertz CT molecular complexity index is 772. The van der Waals surface area contributed by atoms with E-state index in [1.54, 1.807) is 10.9 Å². The van der Waals surface area contributed by atoms with Crippen LogP contribution in [0.5, 0.6) is 0 Å². The van der Waals surface area contributed by atoms with Crippen molar-refractivity contribution in [3.05, 3.63) is 41.7 Å². The Hall–Kier alpha value is -2.27. The highest BCUT2D eigenvalue weighted by Crippen LogP contribution is 2.38. The Kier molecular flexibility index (Phi) is 2.99. The second kappa shape index (κ2) is 4.68. The van der Waals surface area contributed by atoms with Crippen LogP contribution in [0.3, 0.4) is 0 Å². The summed E-state index contributed by atoms with van der Waals surface area (Å²) in [7, 11) is 3.73. The average molecular weight is 288 g/mol. The van der Waals surface area contributed by atoms with E-state index in [2.05, 4.69) is 10.1 Å². The van der Waals surface area contributed by atoms with Crippen LogP contribution in [0.2, 0.25) is 5.02 Å². The van der Waals surface area contributed by atoms with Gasteiger partial charge in [0, 0.05) is 37.1 Å². The topological polar surface area (TPSA) is 61.7 Å². The van der Waals surface area contributed by atoms with Crippen molar-refractivity contribution < 1.29 is 0 Å². The van der Waals surface area contributed by atoms with Crippen LogP contribution in [0, 0.1) is 0 Å². The molecule has 0 bridgehead atoms. The molecule has 1 aromatic carbocycles. The molecular weight excluding hydrogens is 274 g/mol. The Labute approximate surface area is 121 Å². The van der Waals surface area contributed by atoms with Crippen molar-refractivity contribution in [1.82, 2.24) is 19.3 Å². The van der Waals surface area contributed by atoms with Crippen LogP contribution < -0.4 is 5.73 Å². The van der Waals surface area contributed by atoms with Gasteiger partial charge in [0.05, 0.1) is 5.56 Å². The van der Waals surface area contributed by atoms with Gasteiger partial charge in [0.2, 0.25) is 0 Å². The molecule has 3 aromatic rings. The molecule has 2 N–H and O–H groups in total. The summed E-state index contributed by atoms with van der Waals surface area (Å²) >= 11 is 6.29. The first-order valence-corrected chi connectivity index (χ1v) is 6.52. The quantitative estimate of drug-likeness (QED) is 0.788. The minimum absolute atomic E-state index is 0.566. The molecule has 3 rings (SSSR count). The lowest BCUT2D eigenvalue weighted by Gasteiger charge is -2.06. The van der Waals surface area contributed by atoms with Crippen LogP contribution >= 0.6 is 11.6 Å². The third-order valence-electron chi connectivity index (χ3n) is 3.27. The molecule has 2 heterocycles. The maximum atomic E-state index is 6.29. The zero-order valence-electron chi connectivity index (χ0n) is 11.2. The van der Waals surface area contributed by atoms with Crippen LogP contribution in [0.4, 0.5) is 5.82 Å². The van der Waals surface area contributed by atoms with Crippen LogP contribution in [0.15, 0.2) is 36.7 Å². The van der Waals surface area contributed by atoms with Gasteiger partial charge < -0.3 is 10.3 Å². The molecule has 0 saturated carbocycles. The first kappa shape index (κ1) is 12.7. The third-order valence-corrected chi connectivity index (χ3v) is 3.60. The van der Waals surface area contributed by atoms with E-state index in [0.29, 0.717) is 10.8 Å². The van der Waals surface area contributed by atoms with Gasteiger partial charge in [-0.05, 0) is 6.07 Å². The number of nitrogens with two attached hydrogens (primary N) is 1. The Morgan fingerprint density at radius 2 is 1.95 bits per heavy atom. The van der Waals surface area contributed by atoms with Crippen molar-refractivity contribution >= 4 is 17.4 Å². The van der Waals surface area contributed by atoms with Gasteiger partial charge in [0.25, 0.3) is 0 Å². The van der Waals surface area contributed by atoms with E-state index in [1.165, 1.54) is 0 Å². The van der Waals surface area contributed by atoms with E-state index in [9.17, 15) is 0 Å². The standard InChI is InChI=1S/C14H14ClN5/c1-19-8-7-17-14(19)12-11(13(16)20(2)18-12)9-5-3-4-6-10(9)15/h3-8H,16H2,1-2H3. The van der Waals surface area contributed by atoms with Crippen LogP contribution in [-0.4, -0.2) is 19.3 Å². The minimum atomic E-state index is 0.566. The van der Waals surface area contributed by atoms with Crippen LogP contribution in [0.1, 0.15) is 0 Å². The molecule has 0 aliphatic rings. The zero-order valence-corrected chi connectivity index (χ0v) is 12.0. The fourth-order valence-electron chi connectivity index (χ4n) is 2.22. The predicted molar refractivity (Wildman–Crippen MR) is 80.3 cm³/mol. The first-order valence-electron chi connectivity index (χ1n) is 6.14. The smallest absolute Gasteiger partial charge is 0.161 e. The van der Waals surface area contributed by atoms with Crippen molar-refractivity contribution in [2.75, 3.05) is 5.73 Å². The second-order valence-electron chi connectivity index (χ2n) is 4.57. The first-order chi connectivity index (χ1) is 9.59. The lowest BCUT2D eigenvalue weighted by atomic mass is 10.0. The molecule has 0 aliphatic heterocycles.